The van der Waals surface area contributed by atoms with Gasteiger partial charge >= 0.3 is 0 Å². The molecule has 10 heteroatoms. The summed E-state index contributed by atoms with van der Waals surface area (Å²) in [5.41, 5.74) is 2.64. The molecule has 1 aromatic carbocycles. The molecule has 2 aliphatic rings. The van der Waals surface area contributed by atoms with Crippen LogP contribution in [0.25, 0.3) is 22.4 Å². The number of hydrogen-bond acceptors (Lipinski definition) is 7. The Bertz CT molecular complexity index is 1420. The van der Waals surface area contributed by atoms with Crippen molar-refractivity contribution in [1.29, 1.82) is 0 Å². The minimum Gasteiger partial charge on any atom is -0.480 e. The van der Waals surface area contributed by atoms with Crippen LogP contribution in [0.4, 0.5) is 8.78 Å². The summed E-state index contributed by atoms with van der Waals surface area (Å²) in [4.78, 5) is 18.5. The lowest BCUT2D eigenvalue weighted by Crippen LogP contribution is -2.20. The Morgan fingerprint density at radius 2 is 1.94 bits per heavy atom. The normalized spacial score (nSPS) is 20.3. The van der Waals surface area contributed by atoms with E-state index in [0.717, 1.165) is 24.5 Å². The highest BCUT2D eigenvalue weighted by atomic mass is 19.1. The van der Waals surface area contributed by atoms with Gasteiger partial charge in [-0.3, -0.25) is 4.68 Å². The van der Waals surface area contributed by atoms with Gasteiger partial charge in [0.15, 0.2) is 5.65 Å². The van der Waals surface area contributed by atoms with Gasteiger partial charge < -0.3 is 9.47 Å². The van der Waals surface area contributed by atoms with Gasteiger partial charge in [0.25, 0.3) is 0 Å². The highest BCUT2D eigenvalue weighted by Gasteiger charge is 2.31. The highest BCUT2D eigenvalue weighted by Crippen LogP contribution is 2.40. The number of aryl methyl sites for hydroxylation is 1. The van der Waals surface area contributed by atoms with Crippen molar-refractivity contribution < 1.29 is 18.3 Å². The third-order valence-electron chi connectivity index (χ3n) is 6.62. The fraction of sp³-hybridized carbons (Fsp3) is 0.400. The summed E-state index contributed by atoms with van der Waals surface area (Å²) in [6.45, 7) is 2.31. The Morgan fingerprint density at radius 3 is 2.71 bits per heavy atom. The maximum Gasteiger partial charge on any atom is 0.235 e. The molecule has 1 saturated carbocycles. The zero-order chi connectivity index (χ0) is 24.1. The van der Waals surface area contributed by atoms with E-state index in [4.69, 9.17) is 19.4 Å². The molecule has 0 N–H and O–H groups in total. The van der Waals surface area contributed by atoms with E-state index in [1.165, 1.54) is 19.2 Å². The molecule has 4 heterocycles. The van der Waals surface area contributed by atoms with E-state index in [9.17, 15) is 8.78 Å². The van der Waals surface area contributed by atoms with Gasteiger partial charge in [0, 0.05) is 35.9 Å². The molecule has 0 bridgehead atoms. The lowest BCUT2D eigenvalue weighted by atomic mass is 9.92. The largest absolute Gasteiger partial charge is 0.480 e. The van der Waals surface area contributed by atoms with Crippen molar-refractivity contribution in [2.75, 3.05) is 13.7 Å². The van der Waals surface area contributed by atoms with Crippen LogP contribution in [0.2, 0.25) is 0 Å². The molecular weight excluding hydrogens is 454 g/mol. The standard InChI is InChI=1S/C25H24F2N6O2/c1-13-25(34-2)31-22-21(18-6-3-16(26)10-19(18)27)30-23(32-24(22)29-13)14-7-8-35-20(9-14)15-11-28-33(12-15)17-4-5-17/h3,6,10-12,14,17,20H,4-5,7-9H2,1-2H3/t14-,20+/m0/s1. The van der Waals surface area contributed by atoms with E-state index in [-0.39, 0.29) is 23.3 Å². The zero-order valence-electron chi connectivity index (χ0n) is 19.4. The number of benzene rings is 1. The highest BCUT2D eigenvalue weighted by molar-refractivity contribution is 5.87. The summed E-state index contributed by atoms with van der Waals surface area (Å²) in [6.07, 6.45) is 7.50. The number of methoxy groups -OCH3 is 1. The number of halogens is 2. The topological polar surface area (TPSA) is 87.8 Å². The summed E-state index contributed by atoms with van der Waals surface area (Å²) < 4.78 is 41.9. The van der Waals surface area contributed by atoms with Gasteiger partial charge in [-0.15, -0.1) is 0 Å². The molecule has 2 atom stereocenters. The number of ether oxygens (including phenoxy) is 2. The average molecular weight is 479 g/mol. The molecule has 180 valence electrons. The van der Waals surface area contributed by atoms with Crippen molar-refractivity contribution in [3.8, 4) is 17.1 Å². The van der Waals surface area contributed by atoms with Gasteiger partial charge in [-0.1, -0.05) is 0 Å². The molecular formula is C25H24F2N6O2. The molecule has 3 aromatic heterocycles. The van der Waals surface area contributed by atoms with Crippen LogP contribution < -0.4 is 4.74 Å². The van der Waals surface area contributed by atoms with Crippen molar-refractivity contribution in [2.24, 2.45) is 0 Å². The van der Waals surface area contributed by atoms with Gasteiger partial charge in [0.05, 0.1) is 25.5 Å². The smallest absolute Gasteiger partial charge is 0.235 e. The zero-order valence-corrected chi connectivity index (χ0v) is 19.4. The first-order valence-corrected chi connectivity index (χ1v) is 11.7. The molecule has 1 aliphatic heterocycles. The van der Waals surface area contributed by atoms with E-state index < -0.39 is 11.6 Å². The Balaban J connectivity index is 1.42. The summed E-state index contributed by atoms with van der Waals surface area (Å²) >= 11 is 0. The quantitative estimate of drug-likeness (QED) is 0.405. The first-order chi connectivity index (χ1) is 17.0. The molecule has 8 nitrogen and oxygen atoms in total. The molecule has 0 radical (unpaired) electrons. The van der Waals surface area contributed by atoms with E-state index in [1.54, 1.807) is 6.92 Å². The van der Waals surface area contributed by atoms with Crippen LogP contribution in [0.3, 0.4) is 0 Å². The van der Waals surface area contributed by atoms with E-state index in [0.29, 0.717) is 54.1 Å². The molecule has 0 amide bonds. The second kappa shape index (κ2) is 8.60. The van der Waals surface area contributed by atoms with E-state index in [1.807, 2.05) is 10.9 Å². The van der Waals surface area contributed by atoms with Crippen LogP contribution in [-0.4, -0.2) is 43.4 Å². The van der Waals surface area contributed by atoms with Crippen LogP contribution in [-0.2, 0) is 4.74 Å². The fourth-order valence-corrected chi connectivity index (χ4v) is 4.60. The predicted octanol–water partition coefficient (Wildman–Crippen LogP) is 4.85. The maximum absolute atomic E-state index is 14.8. The maximum atomic E-state index is 14.8. The third-order valence-corrected chi connectivity index (χ3v) is 6.62. The minimum absolute atomic E-state index is 0.0334. The van der Waals surface area contributed by atoms with Crippen LogP contribution in [0.5, 0.6) is 5.88 Å². The fourth-order valence-electron chi connectivity index (χ4n) is 4.60. The number of aromatic nitrogens is 6. The molecule has 0 spiro atoms. The minimum atomic E-state index is -0.727. The lowest BCUT2D eigenvalue weighted by Gasteiger charge is -2.28. The summed E-state index contributed by atoms with van der Waals surface area (Å²) in [6, 6.07) is 3.90. The van der Waals surface area contributed by atoms with Gasteiger partial charge in [0.1, 0.15) is 34.4 Å². The molecule has 6 rings (SSSR count). The Morgan fingerprint density at radius 1 is 1.09 bits per heavy atom. The summed E-state index contributed by atoms with van der Waals surface area (Å²) in [5, 5.41) is 4.49. The lowest BCUT2D eigenvalue weighted by molar-refractivity contribution is 0.00396. The Hall–Kier alpha value is -3.53. The third kappa shape index (κ3) is 4.12. The molecule has 1 aliphatic carbocycles. The van der Waals surface area contributed by atoms with E-state index >= 15 is 0 Å². The number of rotatable bonds is 5. The molecule has 35 heavy (non-hydrogen) atoms. The molecule has 4 aromatic rings. The van der Waals surface area contributed by atoms with Crippen LogP contribution in [0.15, 0.2) is 30.6 Å². The molecule has 2 fully saturated rings. The van der Waals surface area contributed by atoms with E-state index in [2.05, 4.69) is 21.3 Å². The van der Waals surface area contributed by atoms with Gasteiger partial charge in [-0.05, 0) is 44.7 Å². The Labute approximate surface area is 200 Å². The van der Waals surface area contributed by atoms with Crippen LogP contribution in [0.1, 0.15) is 60.8 Å². The first-order valence-electron chi connectivity index (χ1n) is 11.7. The molecule has 0 unspecified atom stereocenters. The van der Waals surface area contributed by atoms with Gasteiger partial charge in [0.2, 0.25) is 5.88 Å². The second-order valence-corrected chi connectivity index (χ2v) is 9.11. The number of nitrogens with zero attached hydrogens (tertiary/aromatic N) is 6. The first kappa shape index (κ1) is 22.0. The Kier molecular flexibility index (Phi) is 5.40. The van der Waals surface area contributed by atoms with Crippen LogP contribution in [0, 0.1) is 18.6 Å². The monoisotopic (exact) mass is 478 g/mol. The van der Waals surface area contributed by atoms with Crippen molar-refractivity contribution >= 4 is 11.2 Å². The summed E-state index contributed by atoms with van der Waals surface area (Å²) in [7, 11) is 1.49. The summed E-state index contributed by atoms with van der Waals surface area (Å²) in [5.74, 6) is -0.582. The number of hydrogen-bond donors (Lipinski definition) is 0. The van der Waals surface area contributed by atoms with Gasteiger partial charge in [-0.2, -0.15) is 5.10 Å². The van der Waals surface area contributed by atoms with Crippen LogP contribution >= 0.6 is 0 Å². The SMILES string of the molecule is COc1nc2c(-c3ccc(F)cc3F)nc([C@H]3CCO[C@@H](c4cnn(C5CC5)c4)C3)nc2nc1C. The number of fused-ring (bicyclic) bond motifs is 1. The van der Waals surface area contributed by atoms with Gasteiger partial charge in [-0.25, -0.2) is 28.7 Å². The average Bonchev–Trinajstić information content (AvgIpc) is 3.59. The molecule has 1 saturated heterocycles. The van der Waals surface area contributed by atoms with Crippen molar-refractivity contribution in [1.82, 2.24) is 29.7 Å². The second-order valence-electron chi connectivity index (χ2n) is 9.11. The van der Waals surface area contributed by atoms with Crippen molar-refractivity contribution in [2.45, 2.75) is 50.7 Å². The van der Waals surface area contributed by atoms with Crippen molar-refractivity contribution in [3.05, 3.63) is 59.3 Å². The predicted molar refractivity (Wildman–Crippen MR) is 123 cm³/mol. The van der Waals surface area contributed by atoms with Crippen molar-refractivity contribution in [3.63, 3.8) is 0 Å².